The molecular weight excluding hydrogens is 725 g/mol. The highest BCUT2D eigenvalue weighted by Gasteiger charge is 2.50. The van der Waals surface area contributed by atoms with E-state index in [0.29, 0.717) is 61.8 Å². The Kier molecular flexibility index (Phi) is 12.5. The van der Waals surface area contributed by atoms with Gasteiger partial charge in [-0.1, -0.05) is 45.9 Å². The number of hydrogen-bond acceptors (Lipinski definition) is 11. The minimum atomic E-state index is -1.32. The number of Topliss-reactive ketones (excluding diaryl/α,β-unsaturated/α-hetero) is 2. The molecule has 1 fully saturated rings. The van der Waals surface area contributed by atoms with Crippen LogP contribution in [0, 0.1) is 30.6 Å². The summed E-state index contributed by atoms with van der Waals surface area (Å²) in [6.45, 7) is 15.3. The first kappa shape index (κ1) is 42.3. The molecular formula is C45H62N4O8. The molecule has 1 aromatic rings. The molecule has 9 atom stereocenters. The predicted molar refractivity (Wildman–Crippen MR) is 219 cm³/mol. The van der Waals surface area contributed by atoms with Crippen molar-refractivity contribution in [3.8, 4) is 11.5 Å². The first-order chi connectivity index (χ1) is 26.9. The van der Waals surface area contributed by atoms with Crippen molar-refractivity contribution in [1.29, 1.82) is 0 Å². The minimum Gasteiger partial charge on any atom is -0.507 e. The van der Waals surface area contributed by atoms with E-state index >= 15 is 0 Å². The average molecular weight is 787 g/mol. The first-order valence-corrected chi connectivity index (χ1v) is 20.9. The lowest BCUT2D eigenvalue weighted by atomic mass is 9.78. The normalized spacial score (nSPS) is 35.5. The smallest absolute Gasteiger partial charge is 0.302 e. The summed E-state index contributed by atoms with van der Waals surface area (Å²) in [5, 5.41) is 29.8. The SMILES string of the molecule is CC(=O)O[C@H]1[C@H](C)[C@H](O)[C@H](C)C[C@@H](C)/C=C/C=C(/C)C(=O)NC2=C3NC[C@@H]4CC[C@H](CCC/N=C\3c3c(c(O)c(C)c5c3C(=O)[C@@](C)(CCC[C@H]1C)O5)C2=O)N4C. The number of hydrogen-bond donors (Lipinski definition) is 4. The van der Waals surface area contributed by atoms with Crippen molar-refractivity contribution in [1.82, 2.24) is 15.5 Å². The average Bonchev–Trinajstić information content (AvgIpc) is 3.63. The molecule has 4 heterocycles. The van der Waals surface area contributed by atoms with Crippen LogP contribution in [0.4, 0.5) is 0 Å². The van der Waals surface area contributed by atoms with Gasteiger partial charge in [-0.3, -0.25) is 29.1 Å². The van der Waals surface area contributed by atoms with Gasteiger partial charge >= 0.3 is 5.97 Å². The topological polar surface area (TPSA) is 167 Å². The minimum absolute atomic E-state index is 0.0248. The summed E-state index contributed by atoms with van der Waals surface area (Å²) in [6.07, 6.45) is 10.0. The number of carbonyl (C=O) groups excluding carboxylic acids is 4. The Bertz CT molecular complexity index is 1930. The van der Waals surface area contributed by atoms with E-state index in [1.165, 1.54) is 6.92 Å². The maximum atomic E-state index is 14.8. The fraction of sp³-hybridized carbons (Fsp3) is 0.622. The second-order valence-electron chi connectivity index (χ2n) is 17.6. The van der Waals surface area contributed by atoms with Crippen LogP contribution < -0.4 is 15.4 Å². The van der Waals surface area contributed by atoms with E-state index < -0.39 is 35.5 Å². The predicted octanol–water partition coefficient (Wildman–Crippen LogP) is 6.11. The second kappa shape index (κ2) is 16.9. The molecule has 6 bridgehead atoms. The number of rotatable bonds is 1. The molecule has 1 amide bonds. The van der Waals surface area contributed by atoms with Crippen molar-refractivity contribution in [2.45, 2.75) is 137 Å². The van der Waals surface area contributed by atoms with Crippen LogP contribution in [0.25, 0.3) is 0 Å². The number of carbonyl (C=O) groups is 4. The molecule has 12 nitrogen and oxygen atoms in total. The lowest BCUT2D eigenvalue weighted by molar-refractivity contribution is -0.156. The molecule has 5 aliphatic rings. The number of benzene rings is 1. The lowest BCUT2D eigenvalue weighted by Crippen LogP contribution is -2.44. The third-order valence-corrected chi connectivity index (χ3v) is 13.3. The first-order valence-electron chi connectivity index (χ1n) is 20.9. The van der Waals surface area contributed by atoms with Crippen LogP contribution in [-0.2, 0) is 14.3 Å². The van der Waals surface area contributed by atoms with Gasteiger partial charge < -0.3 is 30.3 Å². The van der Waals surface area contributed by atoms with Gasteiger partial charge in [0.05, 0.1) is 28.6 Å². The van der Waals surface area contributed by atoms with Crippen molar-refractivity contribution in [3.63, 3.8) is 0 Å². The lowest BCUT2D eigenvalue weighted by Gasteiger charge is -2.35. The summed E-state index contributed by atoms with van der Waals surface area (Å²) < 4.78 is 12.4. The fourth-order valence-electron chi connectivity index (χ4n) is 9.75. The molecule has 0 aromatic heterocycles. The molecule has 4 N–H and O–H groups in total. The number of aliphatic hydroxyl groups excluding tert-OH is 1. The van der Waals surface area contributed by atoms with Crippen molar-refractivity contribution >= 4 is 29.2 Å². The third kappa shape index (κ3) is 8.22. The van der Waals surface area contributed by atoms with Crippen LogP contribution in [0.1, 0.15) is 132 Å². The van der Waals surface area contributed by atoms with E-state index in [-0.39, 0.29) is 74.9 Å². The standard InChI is InChI=1S/C45H62N4O8/c1-23-13-10-14-25(3)44(55)48-37-36-35(46-20-12-16-30-17-18-31(22-47-36)49(30)9)32-33(40(37)53)39(52)28(6)42-34(32)43(54)45(8,57-42)19-11-15-24(2)41(56-29(7)50)27(5)38(51)26(4)21-23/h10,13-14,23-24,26-27,30-31,38,41,47,51-52H,11-12,15-22H2,1-9H3,(H,48,55)/b13-10+,25-14-,46-35-/t23-,24+,26+,27+,30-,31-,38+,41+,45+/m0/s1. The zero-order chi connectivity index (χ0) is 41.5. The van der Waals surface area contributed by atoms with Gasteiger partial charge in [0.1, 0.15) is 23.3 Å². The Morgan fingerprint density at radius 3 is 2.42 bits per heavy atom. The number of nitrogens with one attached hydrogen (secondary N) is 2. The molecule has 1 aromatic carbocycles. The van der Waals surface area contributed by atoms with E-state index in [0.717, 1.165) is 25.7 Å². The monoisotopic (exact) mass is 786 g/mol. The van der Waals surface area contributed by atoms with Crippen LogP contribution in [-0.4, -0.2) is 94.3 Å². The van der Waals surface area contributed by atoms with E-state index in [2.05, 4.69) is 22.6 Å². The van der Waals surface area contributed by atoms with Gasteiger partial charge in [0.25, 0.3) is 5.91 Å². The Morgan fingerprint density at radius 1 is 0.982 bits per heavy atom. The summed E-state index contributed by atoms with van der Waals surface area (Å²) in [7, 11) is 2.13. The zero-order valence-electron chi connectivity index (χ0n) is 35.2. The van der Waals surface area contributed by atoms with E-state index in [4.69, 9.17) is 14.5 Å². The van der Waals surface area contributed by atoms with Gasteiger partial charge in [-0.2, -0.15) is 0 Å². The number of aliphatic hydroxyl groups is 1. The number of allylic oxidation sites excluding steroid dienone is 5. The largest absolute Gasteiger partial charge is 0.507 e. The molecule has 0 spiro atoms. The number of aliphatic imine (C=N–C) groups is 1. The van der Waals surface area contributed by atoms with Gasteiger partial charge in [0, 0.05) is 54.7 Å². The molecule has 6 rings (SSSR count). The molecule has 12 heteroatoms. The Hall–Kier alpha value is -4.29. The van der Waals surface area contributed by atoms with Gasteiger partial charge in [0.15, 0.2) is 5.60 Å². The number of amides is 1. The summed E-state index contributed by atoms with van der Waals surface area (Å²) in [5.41, 5.74) is 0.303. The molecule has 1 saturated heterocycles. The number of phenols is 1. The van der Waals surface area contributed by atoms with Crippen LogP contribution in [0.5, 0.6) is 11.5 Å². The zero-order valence-corrected chi connectivity index (χ0v) is 35.2. The number of fused-ring (bicyclic) bond motifs is 3. The molecule has 0 radical (unpaired) electrons. The molecule has 0 saturated carbocycles. The molecule has 0 unspecified atom stereocenters. The van der Waals surface area contributed by atoms with Crippen LogP contribution >= 0.6 is 0 Å². The van der Waals surface area contributed by atoms with Gasteiger partial charge in [-0.05, 0) is 96.9 Å². The van der Waals surface area contributed by atoms with Crippen LogP contribution in [0.3, 0.4) is 0 Å². The number of ether oxygens (including phenoxy) is 2. The summed E-state index contributed by atoms with van der Waals surface area (Å²) >= 11 is 0. The van der Waals surface area contributed by atoms with E-state index in [1.54, 1.807) is 26.8 Å². The highest BCUT2D eigenvalue weighted by Crippen LogP contribution is 2.49. The maximum absolute atomic E-state index is 14.8. The third-order valence-electron chi connectivity index (χ3n) is 13.3. The van der Waals surface area contributed by atoms with E-state index in [1.807, 2.05) is 39.8 Å². The Balaban J connectivity index is 1.48. The fourth-order valence-corrected chi connectivity index (χ4v) is 9.75. The second-order valence-corrected chi connectivity index (χ2v) is 17.6. The van der Waals surface area contributed by atoms with Crippen molar-refractivity contribution < 1.29 is 38.9 Å². The number of ketones is 2. The highest BCUT2D eigenvalue weighted by atomic mass is 16.5. The number of phenolic OH excluding ortho intramolecular Hbond substituents is 1. The Morgan fingerprint density at radius 2 is 1.70 bits per heavy atom. The molecule has 1 aliphatic carbocycles. The summed E-state index contributed by atoms with van der Waals surface area (Å²) in [4.78, 5) is 63.3. The van der Waals surface area contributed by atoms with Crippen LogP contribution in [0.15, 0.2) is 40.2 Å². The van der Waals surface area contributed by atoms with Crippen LogP contribution in [0.2, 0.25) is 0 Å². The van der Waals surface area contributed by atoms with Gasteiger partial charge in [-0.15, -0.1) is 0 Å². The number of likely N-dealkylation sites (N-methyl/N-ethyl adjacent to an activating group) is 1. The quantitative estimate of drug-likeness (QED) is 0.244. The summed E-state index contributed by atoms with van der Waals surface area (Å²) in [6, 6.07) is 0.590. The van der Waals surface area contributed by atoms with E-state index in [9.17, 15) is 29.4 Å². The number of esters is 1. The number of nitrogens with zero attached hydrogens (tertiary/aromatic N) is 2. The molecule has 57 heavy (non-hydrogen) atoms. The maximum Gasteiger partial charge on any atom is 0.302 e. The summed E-state index contributed by atoms with van der Waals surface area (Å²) in [5.74, 6) is -2.51. The Labute approximate surface area is 337 Å². The van der Waals surface area contributed by atoms with Crippen molar-refractivity contribution in [2.75, 3.05) is 20.1 Å². The van der Waals surface area contributed by atoms with Crippen molar-refractivity contribution in [2.24, 2.45) is 28.7 Å². The highest BCUT2D eigenvalue weighted by molar-refractivity contribution is 6.34. The molecule has 310 valence electrons. The van der Waals surface area contributed by atoms with Crippen molar-refractivity contribution in [3.05, 3.63) is 57.4 Å². The van der Waals surface area contributed by atoms with Gasteiger partial charge in [0.2, 0.25) is 11.6 Å². The molecule has 4 aliphatic heterocycles. The number of aromatic hydroxyl groups is 1. The van der Waals surface area contributed by atoms with Gasteiger partial charge in [-0.25, -0.2) is 0 Å².